The van der Waals surface area contributed by atoms with E-state index >= 15 is 0 Å². The third-order valence-electron chi connectivity index (χ3n) is 1.94. The summed E-state index contributed by atoms with van der Waals surface area (Å²) >= 11 is 4.16. The van der Waals surface area contributed by atoms with E-state index in [4.69, 9.17) is 0 Å². The van der Waals surface area contributed by atoms with Crippen LogP contribution in [0.15, 0.2) is 29.4 Å². The minimum absolute atomic E-state index is 0.500. The van der Waals surface area contributed by atoms with Crippen LogP contribution < -0.4 is 5.32 Å². The van der Waals surface area contributed by atoms with Crippen LogP contribution in [0.2, 0.25) is 0 Å². The molecule has 0 radical (unpaired) electrons. The van der Waals surface area contributed by atoms with Gasteiger partial charge < -0.3 is 5.32 Å². The first-order valence-corrected chi connectivity index (χ1v) is 4.95. The third-order valence-corrected chi connectivity index (χ3v) is 2.14. The van der Waals surface area contributed by atoms with Crippen molar-refractivity contribution in [3.05, 3.63) is 24.3 Å². The summed E-state index contributed by atoms with van der Waals surface area (Å²) in [6, 6.07) is 7.89. The molecule has 0 aliphatic carbocycles. The Morgan fingerprint density at radius 1 is 1.29 bits per heavy atom. The zero-order chi connectivity index (χ0) is 9.97. The largest absolute Gasteiger partial charge is 0.370 e. The summed E-state index contributed by atoms with van der Waals surface area (Å²) in [5, 5.41) is 4.73. The van der Waals surface area contributed by atoms with E-state index in [9.17, 15) is 0 Å². The fraction of sp³-hybridized carbons (Fsp3) is 0.200. The van der Waals surface area contributed by atoms with Gasteiger partial charge in [0.15, 0.2) is 5.16 Å². The second kappa shape index (κ2) is 3.84. The van der Waals surface area contributed by atoms with E-state index in [1.165, 1.54) is 0 Å². The van der Waals surface area contributed by atoms with Crippen LogP contribution in [0.3, 0.4) is 0 Å². The number of aromatic nitrogens is 2. The lowest BCUT2D eigenvalue weighted by Gasteiger charge is -2.06. The normalized spacial score (nSPS) is 10.4. The first-order chi connectivity index (χ1) is 6.81. The highest BCUT2D eigenvalue weighted by atomic mass is 32.1. The van der Waals surface area contributed by atoms with Crippen molar-refractivity contribution in [3.8, 4) is 0 Å². The molecule has 72 valence electrons. The highest BCUT2D eigenvalue weighted by molar-refractivity contribution is 7.80. The monoisotopic (exact) mass is 205 g/mol. The number of rotatable bonds is 2. The van der Waals surface area contributed by atoms with E-state index in [1.54, 1.807) is 0 Å². The van der Waals surface area contributed by atoms with Gasteiger partial charge in [0.1, 0.15) is 5.82 Å². The highest BCUT2D eigenvalue weighted by Gasteiger charge is 2.03. The van der Waals surface area contributed by atoms with Gasteiger partial charge in [0.2, 0.25) is 0 Å². The Morgan fingerprint density at radius 2 is 2.07 bits per heavy atom. The van der Waals surface area contributed by atoms with Crippen molar-refractivity contribution in [2.45, 2.75) is 12.1 Å². The molecule has 0 fully saturated rings. The molecule has 0 amide bonds. The van der Waals surface area contributed by atoms with Crippen LogP contribution in [0.1, 0.15) is 6.92 Å². The number of benzene rings is 1. The number of hydrogen-bond acceptors (Lipinski definition) is 4. The molecule has 0 bridgehead atoms. The van der Waals surface area contributed by atoms with E-state index in [-0.39, 0.29) is 0 Å². The summed E-state index contributed by atoms with van der Waals surface area (Å²) in [7, 11) is 0. The van der Waals surface area contributed by atoms with Crippen molar-refractivity contribution in [1.29, 1.82) is 0 Å². The van der Waals surface area contributed by atoms with E-state index in [0.717, 1.165) is 23.3 Å². The van der Waals surface area contributed by atoms with Crippen LogP contribution in [0.5, 0.6) is 0 Å². The lowest BCUT2D eigenvalue weighted by atomic mass is 10.2. The molecule has 0 atom stereocenters. The molecule has 0 aliphatic rings. The number of para-hydroxylation sites is 1. The summed E-state index contributed by atoms with van der Waals surface area (Å²) in [5.41, 5.74) is 0.920. The zero-order valence-corrected chi connectivity index (χ0v) is 8.75. The summed E-state index contributed by atoms with van der Waals surface area (Å²) < 4.78 is 0. The van der Waals surface area contributed by atoms with Gasteiger partial charge in [-0.3, -0.25) is 0 Å². The summed E-state index contributed by atoms with van der Waals surface area (Å²) in [6.07, 6.45) is 0. The second-order valence-electron chi connectivity index (χ2n) is 2.92. The van der Waals surface area contributed by atoms with Crippen molar-refractivity contribution in [3.63, 3.8) is 0 Å². The summed E-state index contributed by atoms with van der Waals surface area (Å²) in [6.45, 7) is 2.88. The minimum atomic E-state index is 0.500. The molecular weight excluding hydrogens is 194 g/mol. The molecule has 0 saturated heterocycles. The van der Waals surface area contributed by atoms with E-state index in [2.05, 4.69) is 27.9 Å². The highest BCUT2D eigenvalue weighted by Crippen LogP contribution is 2.20. The maximum atomic E-state index is 4.23. The molecule has 1 aromatic carbocycles. The smallest absolute Gasteiger partial charge is 0.186 e. The van der Waals surface area contributed by atoms with Gasteiger partial charge in [-0.2, -0.15) is 0 Å². The molecule has 1 aromatic heterocycles. The van der Waals surface area contributed by atoms with Crippen LogP contribution in [0.4, 0.5) is 5.82 Å². The minimum Gasteiger partial charge on any atom is -0.370 e. The van der Waals surface area contributed by atoms with Gasteiger partial charge in [-0.05, 0) is 19.1 Å². The Kier molecular flexibility index (Phi) is 2.54. The number of nitrogens with one attached hydrogen (secondary N) is 1. The van der Waals surface area contributed by atoms with Gasteiger partial charge in [0.25, 0.3) is 0 Å². The third kappa shape index (κ3) is 1.65. The number of anilines is 1. The maximum Gasteiger partial charge on any atom is 0.186 e. The number of hydrogen-bond donors (Lipinski definition) is 2. The summed E-state index contributed by atoms with van der Waals surface area (Å²) in [4.78, 5) is 8.46. The number of nitrogens with zero attached hydrogens (tertiary/aromatic N) is 2. The quantitative estimate of drug-likeness (QED) is 0.584. The van der Waals surface area contributed by atoms with Crippen LogP contribution in [0, 0.1) is 0 Å². The Balaban J connectivity index is 2.67. The van der Waals surface area contributed by atoms with Gasteiger partial charge >= 0.3 is 0 Å². The van der Waals surface area contributed by atoms with Crippen LogP contribution in [-0.4, -0.2) is 16.5 Å². The Labute approximate surface area is 88.0 Å². The Bertz CT molecular complexity index is 456. The van der Waals surface area contributed by atoms with E-state index in [0.29, 0.717) is 5.16 Å². The van der Waals surface area contributed by atoms with Crippen LogP contribution in [-0.2, 0) is 0 Å². The van der Waals surface area contributed by atoms with E-state index < -0.39 is 0 Å². The lowest BCUT2D eigenvalue weighted by molar-refractivity contribution is 1.00. The number of fused-ring (bicyclic) bond motifs is 1. The SMILES string of the molecule is CCNc1nc(S)nc2ccccc12. The van der Waals surface area contributed by atoms with Crippen LogP contribution >= 0.6 is 12.6 Å². The van der Waals surface area contributed by atoms with Crippen LogP contribution in [0.25, 0.3) is 10.9 Å². The van der Waals surface area contributed by atoms with Gasteiger partial charge in [0.05, 0.1) is 5.52 Å². The van der Waals surface area contributed by atoms with Crippen molar-refractivity contribution in [1.82, 2.24) is 9.97 Å². The van der Waals surface area contributed by atoms with Crippen molar-refractivity contribution >= 4 is 29.3 Å². The van der Waals surface area contributed by atoms with Crippen molar-refractivity contribution < 1.29 is 0 Å². The van der Waals surface area contributed by atoms with Gasteiger partial charge in [0, 0.05) is 11.9 Å². The predicted octanol–water partition coefficient (Wildman–Crippen LogP) is 2.35. The molecule has 2 aromatic rings. The maximum absolute atomic E-state index is 4.23. The molecule has 1 N–H and O–H groups in total. The van der Waals surface area contributed by atoms with Gasteiger partial charge in [-0.15, -0.1) is 12.6 Å². The first-order valence-electron chi connectivity index (χ1n) is 4.51. The number of thiol groups is 1. The first kappa shape index (κ1) is 9.27. The van der Waals surface area contributed by atoms with Gasteiger partial charge in [-0.1, -0.05) is 12.1 Å². The molecule has 0 unspecified atom stereocenters. The molecule has 0 spiro atoms. The molecule has 4 heteroatoms. The predicted molar refractivity (Wildman–Crippen MR) is 61.0 cm³/mol. The average Bonchev–Trinajstić information content (AvgIpc) is 2.18. The zero-order valence-electron chi connectivity index (χ0n) is 7.86. The summed E-state index contributed by atoms with van der Waals surface area (Å²) in [5.74, 6) is 0.850. The standard InChI is InChI=1S/C10H11N3S/c1-2-11-9-7-5-3-4-6-8(7)12-10(14)13-9/h3-6H,2H2,1H3,(H2,11,12,13,14). The Hall–Kier alpha value is -1.29. The fourth-order valence-corrected chi connectivity index (χ4v) is 1.57. The topological polar surface area (TPSA) is 37.8 Å². The average molecular weight is 205 g/mol. The van der Waals surface area contributed by atoms with E-state index in [1.807, 2.05) is 31.2 Å². The lowest BCUT2D eigenvalue weighted by Crippen LogP contribution is -2.01. The Morgan fingerprint density at radius 3 is 2.86 bits per heavy atom. The molecule has 1 heterocycles. The molecule has 3 nitrogen and oxygen atoms in total. The molecule has 2 rings (SSSR count). The second-order valence-corrected chi connectivity index (χ2v) is 3.32. The van der Waals surface area contributed by atoms with Crippen molar-refractivity contribution in [2.24, 2.45) is 0 Å². The molecule has 14 heavy (non-hydrogen) atoms. The molecule has 0 aliphatic heterocycles. The van der Waals surface area contributed by atoms with Crippen molar-refractivity contribution in [2.75, 3.05) is 11.9 Å². The van der Waals surface area contributed by atoms with Gasteiger partial charge in [-0.25, -0.2) is 9.97 Å². The molecular formula is C10H11N3S. The fourth-order valence-electron chi connectivity index (χ4n) is 1.37. The molecule has 0 saturated carbocycles.